The number of halogens is 2. The third-order valence-corrected chi connectivity index (χ3v) is 8.94. The fraction of sp³-hybridized carbons (Fsp3) is 0.500. The molecule has 204 valence electrons. The lowest BCUT2D eigenvalue weighted by Crippen LogP contribution is -2.44. The molecule has 11 heteroatoms. The van der Waals surface area contributed by atoms with Gasteiger partial charge in [-0.25, -0.2) is 9.97 Å². The molecule has 0 spiro atoms. The fourth-order valence-electron chi connectivity index (χ4n) is 5.73. The monoisotopic (exact) mass is 569 g/mol. The molecular formula is C28H29Cl2N5O4. The molecule has 4 atom stereocenters. The second-order valence-corrected chi connectivity index (χ2v) is 12.5. The Balaban J connectivity index is 1.18. The highest BCUT2D eigenvalue weighted by molar-refractivity contribution is 6.50. The first kappa shape index (κ1) is 26.2. The molecule has 2 saturated carbocycles. The largest absolute Gasteiger partial charge is 0.486 e. The van der Waals surface area contributed by atoms with E-state index in [-0.39, 0.29) is 48.3 Å². The summed E-state index contributed by atoms with van der Waals surface area (Å²) in [5.74, 6) is 1.31. The maximum absolute atomic E-state index is 13.5. The first-order valence-corrected chi connectivity index (χ1v) is 14.0. The van der Waals surface area contributed by atoms with Gasteiger partial charge in [0.2, 0.25) is 5.91 Å². The van der Waals surface area contributed by atoms with Crippen LogP contribution in [0.3, 0.4) is 0 Å². The summed E-state index contributed by atoms with van der Waals surface area (Å²) in [6, 6.07) is 6.81. The highest BCUT2D eigenvalue weighted by Gasteiger charge is 2.56. The molecule has 2 aromatic heterocycles. The van der Waals surface area contributed by atoms with Gasteiger partial charge in [-0.2, -0.15) is 5.10 Å². The lowest BCUT2D eigenvalue weighted by Gasteiger charge is -2.27. The molecule has 0 N–H and O–H groups in total. The van der Waals surface area contributed by atoms with Crippen LogP contribution < -0.4 is 4.74 Å². The SMILES string of the molecule is CC(=O)c1nn(CC(=O)N2[C@@H]3C[C@@H]3C[C@H]2C(=O)CC[C@H]2CC2(Cl)Cl)c2ccc(OCc3nccc(C)n3)cc12. The van der Waals surface area contributed by atoms with Gasteiger partial charge in [0.25, 0.3) is 0 Å². The van der Waals surface area contributed by atoms with Crippen LogP contribution in [0, 0.1) is 18.8 Å². The maximum Gasteiger partial charge on any atom is 0.245 e. The van der Waals surface area contributed by atoms with Gasteiger partial charge < -0.3 is 9.64 Å². The molecule has 3 aromatic rings. The Morgan fingerprint density at radius 2 is 1.97 bits per heavy atom. The summed E-state index contributed by atoms with van der Waals surface area (Å²) in [5.41, 5.74) is 1.76. The molecule has 0 radical (unpaired) electrons. The van der Waals surface area contributed by atoms with Crippen LogP contribution in [-0.4, -0.2) is 58.5 Å². The maximum atomic E-state index is 13.5. The van der Waals surface area contributed by atoms with E-state index in [1.807, 2.05) is 13.0 Å². The minimum Gasteiger partial charge on any atom is -0.486 e. The topological polar surface area (TPSA) is 107 Å². The summed E-state index contributed by atoms with van der Waals surface area (Å²) in [6.45, 7) is 3.46. The van der Waals surface area contributed by atoms with Crippen LogP contribution in [0.15, 0.2) is 30.5 Å². The summed E-state index contributed by atoms with van der Waals surface area (Å²) in [5, 5.41) is 5.09. The number of Topliss-reactive ketones (excluding diaryl/α,β-unsaturated/α-hetero) is 2. The predicted octanol–water partition coefficient (Wildman–Crippen LogP) is 4.45. The van der Waals surface area contributed by atoms with Crippen LogP contribution in [-0.2, 0) is 22.7 Å². The van der Waals surface area contributed by atoms with Crippen molar-refractivity contribution in [1.29, 1.82) is 0 Å². The number of carbonyl (C=O) groups is 3. The van der Waals surface area contributed by atoms with Crippen molar-refractivity contribution in [2.24, 2.45) is 11.8 Å². The second-order valence-electron chi connectivity index (χ2n) is 10.9. The molecule has 2 aliphatic carbocycles. The lowest BCUT2D eigenvalue weighted by atomic mass is 10.0. The van der Waals surface area contributed by atoms with Gasteiger partial charge in [0.15, 0.2) is 17.4 Å². The van der Waals surface area contributed by atoms with Crippen molar-refractivity contribution in [3.8, 4) is 5.75 Å². The summed E-state index contributed by atoms with van der Waals surface area (Å²) < 4.78 is 6.72. The quantitative estimate of drug-likeness (QED) is 0.262. The zero-order valence-corrected chi connectivity index (χ0v) is 23.3. The minimum absolute atomic E-state index is 0.0524. The van der Waals surface area contributed by atoms with Gasteiger partial charge in [0, 0.05) is 36.7 Å². The van der Waals surface area contributed by atoms with Gasteiger partial charge in [-0.15, -0.1) is 23.2 Å². The van der Waals surface area contributed by atoms with Gasteiger partial charge in [-0.3, -0.25) is 19.1 Å². The Labute approximate surface area is 235 Å². The second kappa shape index (κ2) is 9.86. The van der Waals surface area contributed by atoms with Gasteiger partial charge in [-0.1, -0.05) is 0 Å². The minimum atomic E-state index is -0.706. The molecule has 1 amide bonds. The summed E-state index contributed by atoms with van der Waals surface area (Å²) in [4.78, 5) is 49.4. The number of fused-ring (bicyclic) bond motifs is 2. The number of nitrogens with zero attached hydrogens (tertiary/aromatic N) is 5. The molecule has 3 heterocycles. The molecule has 3 aliphatic rings. The number of ether oxygens (including phenoxy) is 1. The Kier molecular flexibility index (Phi) is 6.62. The van der Waals surface area contributed by atoms with Gasteiger partial charge in [0.05, 0.1) is 11.6 Å². The van der Waals surface area contributed by atoms with Crippen LogP contribution in [0.4, 0.5) is 0 Å². The van der Waals surface area contributed by atoms with E-state index in [0.717, 1.165) is 12.1 Å². The molecule has 0 unspecified atom stereocenters. The van der Waals surface area contributed by atoms with E-state index in [1.54, 1.807) is 34.0 Å². The number of aryl methyl sites for hydroxylation is 1. The Morgan fingerprint density at radius 1 is 1.18 bits per heavy atom. The van der Waals surface area contributed by atoms with Crippen molar-refractivity contribution in [3.63, 3.8) is 0 Å². The van der Waals surface area contributed by atoms with Crippen molar-refractivity contribution in [2.75, 3.05) is 0 Å². The van der Waals surface area contributed by atoms with Gasteiger partial charge in [0.1, 0.15) is 28.9 Å². The Bertz CT molecular complexity index is 1490. The average Bonchev–Trinajstić information content (AvgIpc) is 3.69. The number of likely N-dealkylation sites (tertiary alicyclic amines) is 1. The van der Waals surface area contributed by atoms with E-state index in [4.69, 9.17) is 27.9 Å². The van der Waals surface area contributed by atoms with E-state index in [1.165, 1.54) is 6.92 Å². The molecular weight excluding hydrogens is 541 g/mol. The van der Waals surface area contributed by atoms with E-state index in [2.05, 4.69) is 15.1 Å². The first-order chi connectivity index (χ1) is 18.6. The van der Waals surface area contributed by atoms with Crippen molar-refractivity contribution >= 4 is 51.6 Å². The highest BCUT2D eigenvalue weighted by Crippen LogP contribution is 2.55. The van der Waals surface area contributed by atoms with Crippen LogP contribution in [0.25, 0.3) is 10.9 Å². The number of amides is 1. The smallest absolute Gasteiger partial charge is 0.245 e. The predicted molar refractivity (Wildman–Crippen MR) is 145 cm³/mol. The number of hydrogen-bond donors (Lipinski definition) is 0. The third kappa shape index (κ3) is 5.26. The fourth-order valence-corrected chi connectivity index (χ4v) is 6.32. The molecule has 1 aliphatic heterocycles. The standard InChI is InChI=1S/C28H29Cl2N5O4/c1-15-7-8-31-25(32-15)14-39-19-4-5-21-20(11-19)27(16(2)36)33-34(21)13-26(38)35-22-9-17(22)10-23(35)24(37)6-3-18-12-28(18,29)30/h4-5,7-8,11,17-18,22-23H,3,6,9-10,12-14H2,1-2H3/t17-,18+,22-,23+/m1/s1. The van der Waals surface area contributed by atoms with Crippen LogP contribution in [0.2, 0.25) is 0 Å². The number of ketones is 2. The van der Waals surface area contributed by atoms with E-state index in [9.17, 15) is 14.4 Å². The Hall–Kier alpha value is -3.04. The van der Waals surface area contributed by atoms with Crippen LogP contribution in [0.1, 0.15) is 61.0 Å². The first-order valence-electron chi connectivity index (χ1n) is 13.3. The summed E-state index contributed by atoms with van der Waals surface area (Å²) in [7, 11) is 0. The van der Waals surface area contributed by atoms with Crippen molar-refractivity contribution in [3.05, 3.63) is 47.7 Å². The van der Waals surface area contributed by atoms with Crippen molar-refractivity contribution in [1.82, 2.24) is 24.6 Å². The number of alkyl halides is 2. The molecule has 9 nitrogen and oxygen atoms in total. The molecule has 1 saturated heterocycles. The highest BCUT2D eigenvalue weighted by atomic mass is 35.5. The van der Waals surface area contributed by atoms with Crippen molar-refractivity contribution in [2.45, 2.75) is 75.5 Å². The number of piperidine rings is 1. The van der Waals surface area contributed by atoms with Gasteiger partial charge >= 0.3 is 0 Å². The number of carbonyl (C=O) groups excluding carboxylic acids is 3. The zero-order chi connectivity index (χ0) is 27.5. The number of hydrogen-bond acceptors (Lipinski definition) is 7. The molecule has 1 aromatic carbocycles. The van der Waals surface area contributed by atoms with Crippen LogP contribution in [0.5, 0.6) is 5.75 Å². The lowest BCUT2D eigenvalue weighted by molar-refractivity contribution is -0.139. The zero-order valence-electron chi connectivity index (χ0n) is 21.8. The Morgan fingerprint density at radius 3 is 2.69 bits per heavy atom. The number of rotatable bonds is 10. The molecule has 3 fully saturated rings. The summed E-state index contributed by atoms with van der Waals surface area (Å²) >= 11 is 12.3. The molecule has 39 heavy (non-hydrogen) atoms. The van der Waals surface area contributed by atoms with E-state index >= 15 is 0 Å². The van der Waals surface area contributed by atoms with E-state index in [0.29, 0.717) is 54.1 Å². The number of benzene rings is 1. The van der Waals surface area contributed by atoms with Crippen molar-refractivity contribution < 1.29 is 19.1 Å². The van der Waals surface area contributed by atoms with Gasteiger partial charge in [-0.05, 0) is 68.7 Å². The molecule has 6 rings (SSSR count). The average molecular weight is 570 g/mol. The molecule has 0 bridgehead atoms. The van der Waals surface area contributed by atoms with E-state index < -0.39 is 10.4 Å². The summed E-state index contributed by atoms with van der Waals surface area (Å²) in [6.07, 6.45) is 5.03. The number of aromatic nitrogens is 4. The normalized spacial score (nSPS) is 24.5. The third-order valence-electron chi connectivity index (χ3n) is 8.01. The van der Waals surface area contributed by atoms with Crippen LogP contribution >= 0.6 is 23.2 Å².